The Bertz CT molecular complexity index is 1070. The number of hydrogen-bond acceptors (Lipinski definition) is 6. The Morgan fingerprint density at radius 2 is 1.62 bits per heavy atom. The number of anilines is 1. The van der Waals surface area contributed by atoms with E-state index >= 15 is 0 Å². The van der Waals surface area contributed by atoms with Gasteiger partial charge < -0.3 is 20.1 Å². The first-order valence-electron chi connectivity index (χ1n) is 13.0. The minimum absolute atomic E-state index is 0.0470. The Morgan fingerprint density at radius 3 is 2.18 bits per heavy atom. The van der Waals surface area contributed by atoms with Crippen molar-refractivity contribution in [3.05, 3.63) is 65.7 Å². The second-order valence-corrected chi connectivity index (χ2v) is 10.7. The van der Waals surface area contributed by atoms with E-state index in [1.54, 1.807) is 51.1 Å². The van der Waals surface area contributed by atoms with Crippen LogP contribution in [0, 0.1) is 0 Å². The van der Waals surface area contributed by atoms with Crippen LogP contribution >= 0.6 is 0 Å². The molecule has 2 unspecified atom stereocenters. The molecule has 2 atom stereocenters. The van der Waals surface area contributed by atoms with E-state index in [-0.39, 0.29) is 19.5 Å². The van der Waals surface area contributed by atoms with Gasteiger partial charge in [-0.2, -0.15) is 13.2 Å². The number of amides is 2. The van der Waals surface area contributed by atoms with Crippen LogP contribution in [0.1, 0.15) is 44.7 Å². The smallest absolute Gasteiger partial charge is 0.443 e. The van der Waals surface area contributed by atoms with Crippen molar-refractivity contribution in [1.82, 2.24) is 15.8 Å². The number of nitrogens with zero attached hydrogens (tertiary/aromatic N) is 2. The summed E-state index contributed by atoms with van der Waals surface area (Å²) in [5.41, 5.74) is 4.32. The van der Waals surface area contributed by atoms with Crippen LogP contribution < -0.4 is 15.6 Å². The van der Waals surface area contributed by atoms with Crippen LogP contribution in [0.4, 0.5) is 23.7 Å². The van der Waals surface area contributed by atoms with Crippen molar-refractivity contribution < 1.29 is 32.6 Å². The zero-order valence-electron chi connectivity index (χ0n) is 22.5. The first-order valence-corrected chi connectivity index (χ1v) is 13.0. The number of carbonyl (C=O) groups is 2. The first-order chi connectivity index (χ1) is 18.3. The number of carbonyl (C=O) groups excluding carboxylic acids is 2. The van der Waals surface area contributed by atoms with Gasteiger partial charge in [-0.3, -0.25) is 10.2 Å². The van der Waals surface area contributed by atoms with Gasteiger partial charge in [0, 0.05) is 31.9 Å². The van der Waals surface area contributed by atoms with Crippen LogP contribution in [0.25, 0.3) is 0 Å². The Balaban J connectivity index is 1.78. The van der Waals surface area contributed by atoms with Crippen LogP contribution in [0.5, 0.6) is 0 Å². The number of hydrogen-bond donors (Lipinski definition) is 3. The fourth-order valence-electron chi connectivity index (χ4n) is 4.34. The van der Waals surface area contributed by atoms with E-state index in [4.69, 9.17) is 4.74 Å². The number of aliphatic hydroxyl groups is 1. The largest absolute Gasteiger partial charge is 0.471 e. The molecule has 11 heteroatoms. The van der Waals surface area contributed by atoms with E-state index in [9.17, 15) is 27.9 Å². The summed E-state index contributed by atoms with van der Waals surface area (Å²) in [6.07, 6.45) is -5.11. The van der Waals surface area contributed by atoms with E-state index in [0.717, 1.165) is 37.2 Å². The summed E-state index contributed by atoms with van der Waals surface area (Å²) in [5.74, 6) is -2.15. The van der Waals surface area contributed by atoms with Crippen molar-refractivity contribution in [2.75, 3.05) is 24.5 Å². The molecule has 2 aromatic carbocycles. The minimum atomic E-state index is -5.11. The minimum Gasteiger partial charge on any atom is -0.443 e. The highest BCUT2D eigenvalue weighted by molar-refractivity contribution is 5.82. The monoisotopic (exact) mass is 550 g/mol. The van der Waals surface area contributed by atoms with Crippen LogP contribution in [0.15, 0.2) is 54.6 Å². The lowest BCUT2D eigenvalue weighted by molar-refractivity contribution is -0.175. The molecule has 0 aromatic heterocycles. The first kappa shape index (κ1) is 30.2. The van der Waals surface area contributed by atoms with Gasteiger partial charge in [0.2, 0.25) is 0 Å². The molecule has 1 saturated heterocycles. The van der Waals surface area contributed by atoms with Crippen molar-refractivity contribution in [2.24, 2.45) is 0 Å². The fraction of sp³-hybridized carbons (Fsp3) is 0.500. The van der Waals surface area contributed by atoms with Crippen molar-refractivity contribution in [2.45, 2.75) is 70.5 Å². The summed E-state index contributed by atoms with van der Waals surface area (Å²) >= 11 is 0. The summed E-state index contributed by atoms with van der Waals surface area (Å²) < 4.78 is 44.5. The second-order valence-electron chi connectivity index (χ2n) is 10.7. The summed E-state index contributed by atoms with van der Waals surface area (Å²) in [6.45, 7) is 6.95. The van der Waals surface area contributed by atoms with E-state index < -0.39 is 35.9 Å². The number of ether oxygens (including phenoxy) is 1. The van der Waals surface area contributed by atoms with Crippen molar-refractivity contribution in [1.29, 1.82) is 0 Å². The van der Waals surface area contributed by atoms with E-state index in [2.05, 4.69) is 10.3 Å². The molecule has 1 heterocycles. The SMILES string of the molecule is CC(C)(C)OC(=O)NN(Cc1ccc(N2CCCC2)cc1)CC(O)C(Cc1ccccc1)NC(=O)C(F)(F)F. The predicted molar refractivity (Wildman–Crippen MR) is 142 cm³/mol. The van der Waals surface area contributed by atoms with Crippen molar-refractivity contribution in [3.8, 4) is 0 Å². The number of halogens is 3. The zero-order valence-corrected chi connectivity index (χ0v) is 22.5. The van der Waals surface area contributed by atoms with E-state index in [1.807, 2.05) is 29.6 Å². The Morgan fingerprint density at radius 1 is 1.00 bits per heavy atom. The molecule has 214 valence electrons. The molecule has 1 aliphatic rings. The number of rotatable bonds is 10. The molecule has 8 nitrogen and oxygen atoms in total. The molecular formula is C28H37F3N4O4. The van der Waals surface area contributed by atoms with Gasteiger partial charge in [0.15, 0.2) is 0 Å². The van der Waals surface area contributed by atoms with Gasteiger partial charge in [0.05, 0.1) is 12.1 Å². The van der Waals surface area contributed by atoms with Gasteiger partial charge in [-0.05, 0) is 63.3 Å². The van der Waals surface area contributed by atoms with Crippen LogP contribution in [-0.2, 0) is 22.5 Å². The third-order valence-corrected chi connectivity index (χ3v) is 6.17. The lowest BCUT2D eigenvalue weighted by Gasteiger charge is -2.31. The normalized spacial score (nSPS) is 15.6. The molecule has 0 spiro atoms. The van der Waals surface area contributed by atoms with Crippen molar-refractivity contribution >= 4 is 17.7 Å². The molecule has 39 heavy (non-hydrogen) atoms. The standard InChI is InChI=1S/C28H37F3N4O4/c1-27(2,3)39-26(38)33-35(18-21-11-13-22(14-12-21)34-15-7-8-16-34)19-24(36)23(32-25(37)28(29,30)31)17-20-9-5-4-6-10-20/h4-6,9-14,23-24,36H,7-8,15-19H2,1-3H3,(H,32,37)(H,33,38). The van der Waals surface area contributed by atoms with Gasteiger partial charge in [0.25, 0.3) is 0 Å². The molecular weight excluding hydrogens is 513 g/mol. The molecule has 1 aliphatic heterocycles. The molecule has 2 amide bonds. The van der Waals surface area contributed by atoms with E-state index in [0.29, 0.717) is 5.56 Å². The molecule has 2 aromatic rings. The maximum Gasteiger partial charge on any atom is 0.471 e. The Kier molecular flexibility index (Phi) is 10.2. The molecule has 0 saturated carbocycles. The predicted octanol–water partition coefficient (Wildman–Crippen LogP) is 4.18. The topological polar surface area (TPSA) is 94.1 Å². The maximum atomic E-state index is 13.1. The molecule has 0 radical (unpaired) electrons. The molecule has 1 fully saturated rings. The average molecular weight is 551 g/mol. The van der Waals surface area contributed by atoms with Gasteiger partial charge in [-0.25, -0.2) is 9.80 Å². The van der Waals surface area contributed by atoms with Gasteiger partial charge >= 0.3 is 18.2 Å². The number of alkyl halides is 3. The summed E-state index contributed by atoms with van der Waals surface area (Å²) in [7, 11) is 0. The van der Waals surface area contributed by atoms with Crippen molar-refractivity contribution in [3.63, 3.8) is 0 Å². The van der Waals surface area contributed by atoms with Gasteiger partial charge in [0.1, 0.15) is 5.60 Å². The van der Waals surface area contributed by atoms with Gasteiger partial charge in [-0.15, -0.1) is 0 Å². The lowest BCUT2D eigenvalue weighted by Crippen LogP contribution is -2.55. The number of nitrogens with one attached hydrogen (secondary N) is 2. The quantitative estimate of drug-likeness (QED) is 0.385. The number of aliphatic hydroxyl groups excluding tert-OH is 1. The highest BCUT2D eigenvalue weighted by Gasteiger charge is 2.41. The maximum absolute atomic E-state index is 13.1. The molecule has 3 rings (SSSR count). The Labute approximate surface area is 227 Å². The lowest BCUT2D eigenvalue weighted by atomic mass is 10.0. The van der Waals surface area contributed by atoms with Crippen LogP contribution in [-0.4, -0.2) is 65.7 Å². The highest BCUT2D eigenvalue weighted by atomic mass is 19.4. The molecule has 0 aliphatic carbocycles. The third-order valence-electron chi connectivity index (χ3n) is 6.17. The Hall–Kier alpha value is -3.31. The van der Waals surface area contributed by atoms with Crippen LogP contribution in [0.3, 0.4) is 0 Å². The highest BCUT2D eigenvalue weighted by Crippen LogP contribution is 2.21. The number of benzene rings is 2. The summed E-state index contributed by atoms with van der Waals surface area (Å²) in [6, 6.07) is 15.0. The summed E-state index contributed by atoms with van der Waals surface area (Å²) in [5, 5.41) is 14.3. The van der Waals surface area contributed by atoms with E-state index in [1.165, 1.54) is 5.01 Å². The van der Waals surface area contributed by atoms with Crippen LogP contribution in [0.2, 0.25) is 0 Å². The molecule has 0 bridgehead atoms. The molecule has 3 N–H and O–H groups in total. The zero-order chi connectivity index (χ0) is 28.6. The average Bonchev–Trinajstić information content (AvgIpc) is 3.38. The second kappa shape index (κ2) is 13.2. The third kappa shape index (κ3) is 10.1. The summed E-state index contributed by atoms with van der Waals surface area (Å²) in [4.78, 5) is 26.6. The number of hydrazine groups is 1. The van der Waals surface area contributed by atoms with Gasteiger partial charge in [-0.1, -0.05) is 42.5 Å². The fourth-order valence-corrected chi connectivity index (χ4v) is 4.34.